The maximum absolute atomic E-state index is 13.9. The molecule has 2 aliphatic rings. The first-order valence-corrected chi connectivity index (χ1v) is 12.8. The Morgan fingerprint density at radius 3 is 2.80 bits per heavy atom. The normalized spacial score (nSPS) is 20.9. The molecule has 0 spiro atoms. The van der Waals surface area contributed by atoms with Crippen LogP contribution in [-0.2, 0) is 23.3 Å². The summed E-state index contributed by atoms with van der Waals surface area (Å²) < 4.78 is 5.27. The van der Waals surface area contributed by atoms with Crippen molar-refractivity contribution in [1.29, 1.82) is 0 Å². The minimum atomic E-state index is -1.21. The van der Waals surface area contributed by atoms with Crippen molar-refractivity contribution in [1.82, 2.24) is 25.3 Å². The lowest BCUT2D eigenvalue weighted by Gasteiger charge is -2.40. The number of aryl methyl sites for hydroxylation is 1. The van der Waals surface area contributed by atoms with Crippen LogP contribution in [0.15, 0.2) is 51.9 Å². The third-order valence-electron chi connectivity index (χ3n) is 6.84. The molecule has 182 valence electrons. The number of amides is 4. The van der Waals surface area contributed by atoms with Crippen LogP contribution in [0, 0.1) is 5.92 Å². The van der Waals surface area contributed by atoms with Gasteiger partial charge in [-0.3, -0.25) is 19.5 Å². The fourth-order valence-electron chi connectivity index (χ4n) is 5.06. The average molecular weight is 494 g/mol. The minimum absolute atomic E-state index is 0.175. The van der Waals surface area contributed by atoms with E-state index in [9.17, 15) is 14.4 Å². The third kappa shape index (κ3) is 4.22. The Bertz CT molecular complexity index is 1200. The van der Waals surface area contributed by atoms with E-state index >= 15 is 0 Å². The number of aromatic nitrogens is 2. The molecule has 5 rings (SSSR count). The van der Waals surface area contributed by atoms with Gasteiger partial charge in [-0.2, -0.15) is 11.3 Å². The molecule has 3 aromatic rings. The summed E-state index contributed by atoms with van der Waals surface area (Å²) >= 11 is 1.53. The van der Waals surface area contributed by atoms with Crippen molar-refractivity contribution in [2.45, 2.75) is 44.7 Å². The zero-order chi connectivity index (χ0) is 24.4. The van der Waals surface area contributed by atoms with Gasteiger partial charge in [0.05, 0.1) is 6.54 Å². The lowest BCUT2D eigenvalue weighted by atomic mass is 9.73. The lowest BCUT2D eigenvalue weighted by Crippen LogP contribution is -2.54. The van der Waals surface area contributed by atoms with Crippen LogP contribution in [0.2, 0.25) is 0 Å². The van der Waals surface area contributed by atoms with Gasteiger partial charge >= 0.3 is 6.03 Å². The van der Waals surface area contributed by atoms with E-state index in [-0.39, 0.29) is 24.3 Å². The predicted octanol–water partition coefficient (Wildman–Crippen LogP) is 3.58. The Labute approximate surface area is 207 Å². The van der Waals surface area contributed by atoms with Crippen molar-refractivity contribution in [2.24, 2.45) is 5.92 Å². The molecule has 35 heavy (non-hydrogen) atoms. The topological polar surface area (TPSA) is 109 Å². The standard InChI is InChI=1S/C25H27N5O4S/c1-2-4-20-13-21(28-34-20)22(31)29-10-6-18(7-11-29)25(19-5-3-9-26-14-19)23(32)30(24(33)27-25)15-17-8-12-35-16-17/h3,5,8-9,12-14,16,18H,2,4,6-7,10-11,15H2,1H3,(H,27,33)/t25-/m1/s1. The molecule has 2 fully saturated rings. The first kappa shape index (κ1) is 23.2. The van der Waals surface area contributed by atoms with Crippen LogP contribution >= 0.6 is 11.3 Å². The number of carbonyl (C=O) groups excluding carboxylic acids is 3. The molecule has 2 saturated heterocycles. The molecule has 1 atom stereocenters. The van der Waals surface area contributed by atoms with Crippen LogP contribution in [0.5, 0.6) is 0 Å². The smallest absolute Gasteiger partial charge is 0.325 e. The number of nitrogens with one attached hydrogen (secondary N) is 1. The highest BCUT2D eigenvalue weighted by molar-refractivity contribution is 7.07. The molecule has 9 nitrogen and oxygen atoms in total. The molecule has 5 heterocycles. The Kier molecular flexibility index (Phi) is 6.38. The summed E-state index contributed by atoms with van der Waals surface area (Å²) in [4.78, 5) is 47.2. The van der Waals surface area contributed by atoms with Gasteiger partial charge in [0.1, 0.15) is 5.76 Å². The van der Waals surface area contributed by atoms with Gasteiger partial charge in [-0.05, 0) is 53.6 Å². The number of likely N-dealkylation sites (tertiary alicyclic amines) is 1. The summed E-state index contributed by atoms with van der Waals surface area (Å²) in [5, 5.41) is 10.8. The highest BCUT2D eigenvalue weighted by Gasteiger charge is 2.57. The summed E-state index contributed by atoms with van der Waals surface area (Å²) in [5.74, 6) is 0.0666. The number of rotatable bonds is 7. The van der Waals surface area contributed by atoms with Crippen molar-refractivity contribution < 1.29 is 18.9 Å². The summed E-state index contributed by atoms with van der Waals surface area (Å²) in [7, 11) is 0. The van der Waals surface area contributed by atoms with Crippen LogP contribution in [-0.4, -0.2) is 50.9 Å². The quantitative estimate of drug-likeness (QED) is 0.504. The molecule has 4 amide bonds. The summed E-state index contributed by atoms with van der Waals surface area (Å²) in [5.41, 5.74) is 0.673. The molecule has 1 N–H and O–H groups in total. The molecule has 0 aromatic carbocycles. The minimum Gasteiger partial charge on any atom is -0.361 e. The third-order valence-corrected chi connectivity index (χ3v) is 7.57. The van der Waals surface area contributed by atoms with Gasteiger partial charge in [-0.25, -0.2) is 4.79 Å². The van der Waals surface area contributed by atoms with Gasteiger partial charge in [-0.15, -0.1) is 0 Å². The van der Waals surface area contributed by atoms with E-state index in [1.165, 1.54) is 16.2 Å². The second kappa shape index (κ2) is 9.61. The van der Waals surface area contributed by atoms with Crippen molar-refractivity contribution in [3.05, 3.63) is 70.0 Å². The number of hydrogen-bond donors (Lipinski definition) is 1. The highest BCUT2D eigenvalue weighted by Crippen LogP contribution is 2.41. The molecule has 3 aromatic heterocycles. The van der Waals surface area contributed by atoms with Gasteiger partial charge in [-0.1, -0.05) is 18.1 Å². The second-order valence-electron chi connectivity index (χ2n) is 9.00. The second-order valence-corrected chi connectivity index (χ2v) is 9.78. The number of thiophene rings is 1. The van der Waals surface area contributed by atoms with E-state index in [1.54, 1.807) is 29.4 Å². The summed E-state index contributed by atoms with van der Waals surface area (Å²) in [6.45, 7) is 3.17. The summed E-state index contributed by atoms with van der Waals surface area (Å²) in [6, 6.07) is 6.82. The van der Waals surface area contributed by atoms with E-state index in [2.05, 4.69) is 15.5 Å². The number of carbonyl (C=O) groups is 3. The Balaban J connectivity index is 1.37. The van der Waals surface area contributed by atoms with E-state index in [4.69, 9.17) is 4.52 Å². The first-order valence-electron chi connectivity index (χ1n) is 11.8. The molecule has 0 bridgehead atoms. The van der Waals surface area contributed by atoms with Gasteiger partial charge in [0, 0.05) is 43.5 Å². The molecular weight excluding hydrogens is 466 g/mol. The van der Waals surface area contributed by atoms with Gasteiger partial charge < -0.3 is 14.7 Å². The van der Waals surface area contributed by atoms with Crippen molar-refractivity contribution in [2.75, 3.05) is 13.1 Å². The highest BCUT2D eigenvalue weighted by atomic mass is 32.1. The zero-order valence-electron chi connectivity index (χ0n) is 19.5. The van der Waals surface area contributed by atoms with E-state index < -0.39 is 11.6 Å². The zero-order valence-corrected chi connectivity index (χ0v) is 20.3. The predicted molar refractivity (Wildman–Crippen MR) is 128 cm³/mol. The number of imide groups is 1. The molecule has 10 heteroatoms. The van der Waals surface area contributed by atoms with Crippen LogP contribution in [0.4, 0.5) is 4.79 Å². The monoisotopic (exact) mass is 493 g/mol. The van der Waals surface area contributed by atoms with Gasteiger partial charge in [0.15, 0.2) is 11.2 Å². The first-order chi connectivity index (χ1) is 17.0. The molecule has 0 unspecified atom stereocenters. The van der Waals surface area contributed by atoms with E-state index in [1.807, 2.05) is 29.8 Å². The van der Waals surface area contributed by atoms with E-state index in [0.717, 1.165) is 18.4 Å². The maximum atomic E-state index is 13.9. The largest absolute Gasteiger partial charge is 0.361 e. The Hall–Kier alpha value is -3.53. The SMILES string of the molecule is CCCc1cc(C(=O)N2CCC([C@]3(c4cccnc4)NC(=O)N(Cc4ccsc4)C3=O)CC2)no1. The fourth-order valence-corrected chi connectivity index (χ4v) is 5.72. The van der Waals surface area contributed by atoms with Gasteiger partial charge in [0.25, 0.3) is 11.8 Å². The van der Waals surface area contributed by atoms with Crippen LogP contribution < -0.4 is 5.32 Å². The molecular formula is C25H27N5O4S. The number of urea groups is 1. The molecule has 0 aliphatic carbocycles. The molecule has 2 aliphatic heterocycles. The van der Waals surface area contributed by atoms with Crippen LogP contribution in [0.1, 0.15) is 53.6 Å². The van der Waals surface area contributed by atoms with Crippen molar-refractivity contribution >= 4 is 29.2 Å². The Morgan fingerprint density at radius 2 is 2.11 bits per heavy atom. The number of hydrogen-bond acceptors (Lipinski definition) is 7. The molecule has 0 radical (unpaired) electrons. The van der Waals surface area contributed by atoms with Gasteiger partial charge in [0.2, 0.25) is 0 Å². The van der Waals surface area contributed by atoms with Crippen molar-refractivity contribution in [3.63, 3.8) is 0 Å². The fraction of sp³-hybridized carbons (Fsp3) is 0.400. The average Bonchev–Trinajstić information content (AvgIpc) is 3.62. The van der Waals surface area contributed by atoms with Crippen LogP contribution in [0.25, 0.3) is 0 Å². The van der Waals surface area contributed by atoms with Crippen LogP contribution in [0.3, 0.4) is 0 Å². The molecule has 0 saturated carbocycles. The lowest BCUT2D eigenvalue weighted by molar-refractivity contribution is -0.134. The number of piperidine rings is 1. The maximum Gasteiger partial charge on any atom is 0.325 e. The van der Waals surface area contributed by atoms with E-state index in [0.29, 0.717) is 42.9 Å². The summed E-state index contributed by atoms with van der Waals surface area (Å²) in [6.07, 6.45) is 6.05. The Morgan fingerprint density at radius 1 is 1.29 bits per heavy atom. The number of nitrogens with zero attached hydrogens (tertiary/aromatic N) is 4. The number of pyridine rings is 1. The van der Waals surface area contributed by atoms with Crippen molar-refractivity contribution in [3.8, 4) is 0 Å².